The van der Waals surface area contributed by atoms with E-state index >= 15 is 0 Å². The van der Waals surface area contributed by atoms with E-state index in [4.69, 9.17) is 14.2 Å². The van der Waals surface area contributed by atoms with E-state index in [0.717, 1.165) is 11.3 Å². The van der Waals surface area contributed by atoms with Gasteiger partial charge in [0.1, 0.15) is 5.75 Å². The van der Waals surface area contributed by atoms with Crippen LogP contribution in [0.25, 0.3) is 0 Å². The largest absolute Gasteiger partial charge is 0.497 e. The normalized spacial score (nSPS) is 10.9. The van der Waals surface area contributed by atoms with Gasteiger partial charge >= 0.3 is 0 Å². The Hall–Kier alpha value is -3.72. The van der Waals surface area contributed by atoms with Gasteiger partial charge < -0.3 is 24.8 Å². The molecule has 0 aliphatic heterocycles. The number of benzene rings is 3. The summed E-state index contributed by atoms with van der Waals surface area (Å²) in [5.74, 6) is 1.27. The number of ether oxygens (including phenoxy) is 3. The van der Waals surface area contributed by atoms with Crippen LogP contribution in [0, 0.1) is 0 Å². The minimum absolute atomic E-state index is 0.0587. The molecule has 180 valence electrons. The first kappa shape index (κ1) is 24.9. The Morgan fingerprint density at radius 1 is 0.853 bits per heavy atom. The maximum Gasteiger partial charge on any atom is 0.239 e. The van der Waals surface area contributed by atoms with E-state index in [2.05, 4.69) is 10.6 Å². The maximum absolute atomic E-state index is 13.3. The Kier molecular flexibility index (Phi) is 8.37. The van der Waals surface area contributed by atoms with Crippen molar-refractivity contribution in [3.05, 3.63) is 72.3 Å². The summed E-state index contributed by atoms with van der Waals surface area (Å²) in [5, 5.41) is 5.78. The van der Waals surface area contributed by atoms with Gasteiger partial charge in [0.05, 0.1) is 43.4 Å². The van der Waals surface area contributed by atoms with Crippen molar-refractivity contribution >= 4 is 21.4 Å². The number of anilines is 1. The molecular formula is C25H28N2O6S. The molecule has 0 saturated carbocycles. The molecule has 9 heteroatoms. The van der Waals surface area contributed by atoms with Crippen molar-refractivity contribution in [2.45, 2.75) is 16.2 Å². The number of nitrogens with one attached hydrogen (secondary N) is 2. The van der Waals surface area contributed by atoms with Crippen LogP contribution in [-0.2, 0) is 21.1 Å². The number of carbonyl (C=O) groups is 1. The summed E-state index contributed by atoms with van der Waals surface area (Å²) in [6.45, 7) is 0.388. The summed E-state index contributed by atoms with van der Waals surface area (Å²) in [6, 6.07) is 18.5. The second-order valence-electron chi connectivity index (χ2n) is 7.32. The molecule has 0 radical (unpaired) electrons. The first-order valence-corrected chi connectivity index (χ1v) is 12.1. The van der Waals surface area contributed by atoms with Crippen molar-refractivity contribution in [2.75, 3.05) is 39.7 Å². The minimum Gasteiger partial charge on any atom is -0.497 e. The molecular weight excluding hydrogens is 456 g/mol. The average molecular weight is 485 g/mol. The third kappa shape index (κ3) is 5.99. The van der Waals surface area contributed by atoms with E-state index < -0.39 is 9.84 Å². The topological polar surface area (TPSA) is 103 Å². The number of methoxy groups -OCH3 is 3. The maximum atomic E-state index is 13.3. The van der Waals surface area contributed by atoms with Crippen molar-refractivity contribution in [3.63, 3.8) is 0 Å². The number of rotatable bonds is 11. The Labute approximate surface area is 199 Å². The molecule has 0 heterocycles. The van der Waals surface area contributed by atoms with Gasteiger partial charge in [0.25, 0.3) is 0 Å². The lowest BCUT2D eigenvalue weighted by Gasteiger charge is -2.14. The molecule has 0 fully saturated rings. The van der Waals surface area contributed by atoms with Crippen LogP contribution in [0.15, 0.2) is 76.5 Å². The zero-order valence-electron chi connectivity index (χ0n) is 19.3. The number of carbonyl (C=O) groups excluding carboxylic acids is 1. The Bertz CT molecular complexity index is 1230. The van der Waals surface area contributed by atoms with Crippen LogP contribution < -0.4 is 24.8 Å². The van der Waals surface area contributed by atoms with Crippen LogP contribution in [0.5, 0.6) is 17.2 Å². The molecule has 3 aromatic carbocycles. The van der Waals surface area contributed by atoms with Crippen LogP contribution in [0.2, 0.25) is 0 Å². The van der Waals surface area contributed by atoms with E-state index in [1.807, 2.05) is 24.3 Å². The highest BCUT2D eigenvalue weighted by molar-refractivity contribution is 7.91. The lowest BCUT2D eigenvalue weighted by molar-refractivity contribution is -0.119. The quantitative estimate of drug-likeness (QED) is 0.430. The number of sulfone groups is 1. The van der Waals surface area contributed by atoms with Crippen molar-refractivity contribution in [3.8, 4) is 17.2 Å². The lowest BCUT2D eigenvalue weighted by atomic mass is 10.1. The van der Waals surface area contributed by atoms with E-state index in [1.54, 1.807) is 25.3 Å². The van der Waals surface area contributed by atoms with Gasteiger partial charge in [-0.15, -0.1) is 0 Å². The Morgan fingerprint density at radius 3 is 2.24 bits per heavy atom. The van der Waals surface area contributed by atoms with Gasteiger partial charge in [-0.3, -0.25) is 4.79 Å². The molecule has 0 aromatic heterocycles. The lowest BCUT2D eigenvalue weighted by Crippen LogP contribution is -2.31. The SMILES string of the molecule is COc1ccc(CCNC(=O)CNc2ccccc2S(=O)(=O)c2ccc(OC)c(OC)c2)cc1. The molecule has 0 unspecified atom stereocenters. The molecule has 2 N–H and O–H groups in total. The van der Waals surface area contributed by atoms with Crippen molar-refractivity contribution < 1.29 is 27.4 Å². The predicted molar refractivity (Wildman–Crippen MR) is 130 cm³/mol. The summed E-state index contributed by atoms with van der Waals surface area (Å²) in [4.78, 5) is 12.4. The van der Waals surface area contributed by atoms with Crippen LogP contribution in [-0.4, -0.2) is 48.7 Å². The molecule has 8 nitrogen and oxygen atoms in total. The van der Waals surface area contributed by atoms with E-state index in [0.29, 0.717) is 30.2 Å². The minimum atomic E-state index is -3.87. The highest BCUT2D eigenvalue weighted by Crippen LogP contribution is 2.34. The van der Waals surface area contributed by atoms with E-state index in [-0.39, 0.29) is 22.2 Å². The number of para-hydroxylation sites is 1. The summed E-state index contributed by atoms with van der Waals surface area (Å²) >= 11 is 0. The summed E-state index contributed by atoms with van der Waals surface area (Å²) in [6.07, 6.45) is 0.667. The molecule has 0 spiro atoms. The first-order valence-electron chi connectivity index (χ1n) is 10.6. The third-order valence-electron chi connectivity index (χ3n) is 5.18. The summed E-state index contributed by atoms with van der Waals surface area (Å²) in [5.41, 5.74) is 1.41. The predicted octanol–water partition coefficient (Wildman–Crippen LogP) is 3.32. The van der Waals surface area contributed by atoms with E-state index in [1.165, 1.54) is 38.5 Å². The molecule has 3 aromatic rings. The van der Waals surface area contributed by atoms with Gasteiger partial charge in [0.2, 0.25) is 15.7 Å². The van der Waals surface area contributed by atoms with Gasteiger partial charge in [-0.05, 0) is 48.4 Å². The van der Waals surface area contributed by atoms with Gasteiger partial charge in [-0.2, -0.15) is 0 Å². The zero-order chi connectivity index (χ0) is 24.6. The Morgan fingerprint density at radius 2 is 1.56 bits per heavy atom. The molecule has 1 amide bonds. The monoisotopic (exact) mass is 484 g/mol. The van der Waals surface area contributed by atoms with Crippen molar-refractivity contribution in [1.29, 1.82) is 0 Å². The molecule has 0 bridgehead atoms. The number of hydrogen-bond donors (Lipinski definition) is 2. The summed E-state index contributed by atoms with van der Waals surface area (Å²) < 4.78 is 42.1. The van der Waals surface area contributed by atoms with Crippen molar-refractivity contribution in [2.24, 2.45) is 0 Å². The van der Waals surface area contributed by atoms with Gasteiger partial charge in [-0.1, -0.05) is 24.3 Å². The average Bonchev–Trinajstić information content (AvgIpc) is 2.87. The Balaban J connectivity index is 1.65. The molecule has 0 aliphatic rings. The fourth-order valence-corrected chi connectivity index (χ4v) is 4.78. The third-order valence-corrected chi connectivity index (χ3v) is 6.99. The zero-order valence-corrected chi connectivity index (χ0v) is 20.1. The van der Waals surface area contributed by atoms with Crippen molar-refractivity contribution in [1.82, 2.24) is 5.32 Å². The van der Waals surface area contributed by atoms with Gasteiger partial charge in [0, 0.05) is 12.6 Å². The molecule has 0 atom stereocenters. The van der Waals surface area contributed by atoms with Crippen LogP contribution in [0.3, 0.4) is 0 Å². The van der Waals surface area contributed by atoms with Gasteiger partial charge in [-0.25, -0.2) is 8.42 Å². The number of amides is 1. The molecule has 0 saturated heterocycles. The fourth-order valence-electron chi connectivity index (χ4n) is 3.33. The first-order chi connectivity index (χ1) is 16.4. The molecule has 34 heavy (non-hydrogen) atoms. The van der Waals surface area contributed by atoms with Crippen LogP contribution in [0.4, 0.5) is 5.69 Å². The smallest absolute Gasteiger partial charge is 0.239 e. The van der Waals surface area contributed by atoms with E-state index in [9.17, 15) is 13.2 Å². The second kappa shape index (κ2) is 11.4. The highest BCUT2D eigenvalue weighted by atomic mass is 32.2. The summed E-state index contributed by atoms with van der Waals surface area (Å²) in [7, 11) is 0.658. The molecule has 0 aliphatic carbocycles. The van der Waals surface area contributed by atoms with Crippen LogP contribution in [0.1, 0.15) is 5.56 Å². The van der Waals surface area contributed by atoms with Crippen LogP contribution >= 0.6 is 0 Å². The highest BCUT2D eigenvalue weighted by Gasteiger charge is 2.23. The molecule has 3 rings (SSSR count). The van der Waals surface area contributed by atoms with Gasteiger partial charge in [0.15, 0.2) is 11.5 Å². The second-order valence-corrected chi connectivity index (χ2v) is 9.24. The number of hydrogen-bond acceptors (Lipinski definition) is 7. The fraction of sp³-hybridized carbons (Fsp3) is 0.240. The standard InChI is InChI=1S/C25H28N2O6S/c1-31-19-10-8-18(9-11-19)14-15-26-25(28)17-27-21-6-4-5-7-24(21)34(29,30)20-12-13-22(32-2)23(16-20)33-3/h4-13,16,27H,14-15,17H2,1-3H3,(H,26,28).